The van der Waals surface area contributed by atoms with Crippen molar-refractivity contribution in [2.75, 3.05) is 12.4 Å². The third-order valence-electron chi connectivity index (χ3n) is 3.36. The molecule has 0 bridgehead atoms. The van der Waals surface area contributed by atoms with E-state index in [1.807, 2.05) is 0 Å². The van der Waals surface area contributed by atoms with E-state index < -0.39 is 23.8 Å². The van der Waals surface area contributed by atoms with Crippen molar-refractivity contribution in [3.05, 3.63) is 59.9 Å². The van der Waals surface area contributed by atoms with Gasteiger partial charge >= 0.3 is 5.97 Å². The Labute approximate surface area is 139 Å². The van der Waals surface area contributed by atoms with Gasteiger partial charge in [0.15, 0.2) is 17.7 Å². The maximum absolute atomic E-state index is 13.7. The monoisotopic (exact) mass is 331 g/mol. The molecule has 0 spiro atoms. The van der Waals surface area contributed by atoms with Crippen LogP contribution in [0.15, 0.2) is 48.5 Å². The highest BCUT2D eigenvalue weighted by atomic mass is 19.1. The van der Waals surface area contributed by atoms with E-state index in [9.17, 15) is 14.0 Å². The lowest BCUT2D eigenvalue weighted by Gasteiger charge is -2.18. The molecule has 0 aliphatic heterocycles. The largest absolute Gasteiger partial charge is 0.478 e. The molecule has 2 aromatic rings. The van der Waals surface area contributed by atoms with Crippen molar-refractivity contribution >= 4 is 17.6 Å². The van der Waals surface area contributed by atoms with Crippen LogP contribution in [0.3, 0.4) is 0 Å². The minimum absolute atomic E-state index is 0.000697. The fraction of sp³-hybridized carbons (Fsp3) is 0.222. The van der Waals surface area contributed by atoms with Crippen molar-refractivity contribution < 1.29 is 23.5 Å². The third-order valence-corrected chi connectivity index (χ3v) is 3.36. The van der Waals surface area contributed by atoms with Crippen LogP contribution in [0.5, 0.6) is 5.75 Å². The predicted octanol–water partition coefficient (Wildman–Crippen LogP) is 3.41. The van der Waals surface area contributed by atoms with Gasteiger partial charge in [-0.05, 0) is 30.7 Å². The smallest absolute Gasteiger partial charge is 0.339 e. The van der Waals surface area contributed by atoms with Crippen LogP contribution in [-0.4, -0.2) is 25.1 Å². The van der Waals surface area contributed by atoms with Crippen LogP contribution in [0.4, 0.5) is 10.1 Å². The quantitative estimate of drug-likeness (QED) is 0.824. The first-order chi connectivity index (χ1) is 11.6. The molecule has 0 aliphatic carbocycles. The molecule has 1 N–H and O–H groups in total. The summed E-state index contributed by atoms with van der Waals surface area (Å²) in [5.74, 6) is -1.58. The van der Waals surface area contributed by atoms with Gasteiger partial charge in [0.1, 0.15) is 0 Å². The Hall–Kier alpha value is -2.89. The zero-order valence-electron chi connectivity index (χ0n) is 13.4. The van der Waals surface area contributed by atoms with Gasteiger partial charge in [-0.2, -0.15) is 0 Å². The lowest BCUT2D eigenvalue weighted by atomic mass is 10.1. The van der Waals surface area contributed by atoms with Crippen molar-refractivity contribution in [1.29, 1.82) is 0 Å². The molecule has 24 heavy (non-hydrogen) atoms. The van der Waals surface area contributed by atoms with Gasteiger partial charge in [0.2, 0.25) is 0 Å². The van der Waals surface area contributed by atoms with Crippen LogP contribution >= 0.6 is 0 Å². The number of esters is 1. The molecule has 0 saturated carbocycles. The van der Waals surface area contributed by atoms with Crippen LogP contribution in [0.2, 0.25) is 0 Å². The molecule has 6 heteroatoms. The average Bonchev–Trinajstić information content (AvgIpc) is 2.60. The number of para-hydroxylation sites is 2. The predicted molar refractivity (Wildman–Crippen MR) is 87.5 cm³/mol. The minimum atomic E-state index is -0.896. The molecule has 0 aliphatic rings. The summed E-state index contributed by atoms with van der Waals surface area (Å²) < 4.78 is 23.8. The summed E-state index contributed by atoms with van der Waals surface area (Å²) in [5, 5.41) is 2.63. The molecule has 0 fully saturated rings. The molecule has 1 amide bonds. The van der Waals surface area contributed by atoms with Gasteiger partial charge in [0.05, 0.1) is 18.4 Å². The van der Waals surface area contributed by atoms with Crippen LogP contribution in [-0.2, 0) is 9.53 Å². The van der Waals surface area contributed by atoms with Crippen molar-refractivity contribution in [3.63, 3.8) is 0 Å². The second-order valence-corrected chi connectivity index (χ2v) is 4.97. The highest BCUT2D eigenvalue weighted by Crippen LogP contribution is 2.20. The lowest BCUT2D eigenvalue weighted by Crippen LogP contribution is -2.33. The molecule has 0 aromatic heterocycles. The van der Waals surface area contributed by atoms with Gasteiger partial charge < -0.3 is 14.8 Å². The first-order valence-corrected chi connectivity index (χ1v) is 7.46. The molecule has 2 rings (SSSR count). The molecule has 1 atom stereocenters. The van der Waals surface area contributed by atoms with Gasteiger partial charge in [-0.25, -0.2) is 9.18 Å². The molecule has 0 heterocycles. The summed E-state index contributed by atoms with van der Waals surface area (Å²) in [6.07, 6.45) is -0.562. The van der Waals surface area contributed by atoms with E-state index in [0.29, 0.717) is 12.1 Å². The van der Waals surface area contributed by atoms with E-state index in [2.05, 4.69) is 10.1 Å². The first kappa shape index (κ1) is 17.5. The normalized spacial score (nSPS) is 11.5. The highest BCUT2D eigenvalue weighted by molar-refractivity contribution is 6.02. The first-order valence-electron chi connectivity index (χ1n) is 7.46. The van der Waals surface area contributed by atoms with Crippen LogP contribution in [0.1, 0.15) is 23.7 Å². The number of ether oxygens (including phenoxy) is 2. The van der Waals surface area contributed by atoms with E-state index in [4.69, 9.17) is 4.74 Å². The summed E-state index contributed by atoms with van der Waals surface area (Å²) in [6, 6.07) is 12.3. The Morgan fingerprint density at radius 3 is 2.46 bits per heavy atom. The lowest BCUT2D eigenvalue weighted by molar-refractivity contribution is -0.122. The number of rotatable bonds is 6. The molecule has 0 radical (unpaired) electrons. The number of hydrogen-bond donors (Lipinski definition) is 1. The van der Waals surface area contributed by atoms with Gasteiger partial charge in [0.25, 0.3) is 5.91 Å². The Bertz CT molecular complexity index is 732. The Morgan fingerprint density at radius 2 is 1.79 bits per heavy atom. The molecular weight excluding hydrogens is 313 g/mol. The standard InChI is InChI=1S/C18H18FNO4/c1-3-15(24-16-11-7-5-9-13(16)19)17(21)20-14-10-6-4-8-12(14)18(22)23-2/h4-11,15H,3H2,1-2H3,(H,20,21). The van der Waals surface area contributed by atoms with Crippen molar-refractivity contribution in [2.45, 2.75) is 19.4 Å². The van der Waals surface area contributed by atoms with Gasteiger partial charge in [-0.15, -0.1) is 0 Å². The number of carbonyl (C=O) groups excluding carboxylic acids is 2. The van der Waals surface area contributed by atoms with Crippen LogP contribution in [0.25, 0.3) is 0 Å². The number of carbonyl (C=O) groups is 2. The second kappa shape index (κ2) is 8.10. The van der Waals surface area contributed by atoms with Crippen molar-refractivity contribution in [2.24, 2.45) is 0 Å². The summed E-state index contributed by atoms with van der Waals surface area (Å²) in [6.45, 7) is 1.75. The maximum atomic E-state index is 13.7. The summed E-state index contributed by atoms with van der Waals surface area (Å²) in [4.78, 5) is 24.1. The van der Waals surface area contributed by atoms with E-state index in [1.54, 1.807) is 37.3 Å². The SMILES string of the molecule is CCC(Oc1ccccc1F)C(=O)Nc1ccccc1C(=O)OC. The number of nitrogens with one attached hydrogen (secondary N) is 1. The van der Waals surface area contributed by atoms with E-state index in [1.165, 1.54) is 25.3 Å². The minimum Gasteiger partial charge on any atom is -0.478 e. The van der Waals surface area contributed by atoms with Gasteiger partial charge in [0, 0.05) is 0 Å². The average molecular weight is 331 g/mol. The summed E-state index contributed by atoms with van der Waals surface area (Å²) >= 11 is 0. The fourth-order valence-electron chi connectivity index (χ4n) is 2.11. The highest BCUT2D eigenvalue weighted by Gasteiger charge is 2.22. The van der Waals surface area contributed by atoms with E-state index >= 15 is 0 Å². The number of benzene rings is 2. The van der Waals surface area contributed by atoms with Crippen molar-refractivity contribution in [3.8, 4) is 5.75 Å². The van der Waals surface area contributed by atoms with E-state index in [-0.39, 0.29) is 11.3 Å². The van der Waals surface area contributed by atoms with E-state index in [0.717, 1.165) is 0 Å². The second-order valence-electron chi connectivity index (χ2n) is 4.97. The zero-order valence-corrected chi connectivity index (χ0v) is 13.4. The van der Waals surface area contributed by atoms with Gasteiger partial charge in [-0.3, -0.25) is 4.79 Å². The van der Waals surface area contributed by atoms with Crippen molar-refractivity contribution in [1.82, 2.24) is 0 Å². The van der Waals surface area contributed by atoms with Crippen LogP contribution in [0, 0.1) is 5.82 Å². The van der Waals surface area contributed by atoms with Crippen LogP contribution < -0.4 is 10.1 Å². The molecular formula is C18H18FNO4. The fourth-order valence-corrected chi connectivity index (χ4v) is 2.11. The number of halogens is 1. The Kier molecular flexibility index (Phi) is 5.89. The Balaban J connectivity index is 2.16. The molecule has 1 unspecified atom stereocenters. The summed E-state index contributed by atoms with van der Waals surface area (Å²) in [5.41, 5.74) is 0.541. The number of amides is 1. The number of methoxy groups -OCH3 is 1. The summed E-state index contributed by atoms with van der Waals surface area (Å²) in [7, 11) is 1.26. The maximum Gasteiger partial charge on any atom is 0.339 e. The number of hydrogen-bond acceptors (Lipinski definition) is 4. The topological polar surface area (TPSA) is 64.6 Å². The Morgan fingerprint density at radius 1 is 1.12 bits per heavy atom. The zero-order chi connectivity index (χ0) is 17.5. The number of anilines is 1. The molecule has 0 saturated heterocycles. The third kappa shape index (κ3) is 4.10. The molecule has 126 valence electrons. The molecule has 2 aromatic carbocycles. The van der Waals surface area contributed by atoms with Gasteiger partial charge in [-0.1, -0.05) is 31.2 Å². The molecule has 5 nitrogen and oxygen atoms in total.